The fourth-order valence-electron chi connectivity index (χ4n) is 0.144. The van der Waals surface area contributed by atoms with Gasteiger partial charge in [0.1, 0.15) is 0 Å². The third-order valence-corrected chi connectivity index (χ3v) is 1.05. The zero-order chi connectivity index (χ0) is 4.12. The lowest BCUT2D eigenvalue weighted by Crippen LogP contribution is -1.53. The Balaban J connectivity index is 2.40. The van der Waals surface area contributed by atoms with E-state index in [1.807, 2.05) is 6.08 Å². The van der Waals surface area contributed by atoms with E-state index in [4.69, 9.17) is 0 Å². The van der Waals surface area contributed by atoms with Gasteiger partial charge >= 0.3 is 0 Å². The highest BCUT2D eigenvalue weighted by Crippen LogP contribution is 1.98. The first-order chi connectivity index (χ1) is 2.41. The Morgan fingerprint density at radius 3 is 2.60 bits per heavy atom. The summed E-state index contributed by atoms with van der Waals surface area (Å²) in [7, 11) is 1.04. The minimum atomic E-state index is 1.04. The van der Waals surface area contributed by atoms with E-state index in [2.05, 4.69) is 13.2 Å². The van der Waals surface area contributed by atoms with Crippen LogP contribution in [0.25, 0.3) is 0 Å². The first-order valence-corrected chi connectivity index (χ1v) is 3.38. The summed E-state index contributed by atoms with van der Waals surface area (Å²) in [4.78, 5) is 0. The van der Waals surface area contributed by atoms with Gasteiger partial charge < -0.3 is 0 Å². The van der Waals surface area contributed by atoms with Crippen molar-refractivity contribution in [3.8, 4) is 0 Å². The predicted octanol–water partition coefficient (Wildman–Crippen LogP) is 1.48. The summed E-state index contributed by atoms with van der Waals surface area (Å²) in [5.41, 5.74) is 0. The van der Waals surface area contributed by atoms with Gasteiger partial charge in [0.15, 0.2) is 0 Å². The van der Waals surface area contributed by atoms with Crippen molar-refractivity contribution < 1.29 is 0 Å². The molecule has 0 N–H and O–H groups in total. The van der Waals surface area contributed by atoms with Crippen molar-refractivity contribution in [3.63, 3.8) is 0 Å². The molecule has 0 radical (unpaired) electrons. The summed E-state index contributed by atoms with van der Waals surface area (Å²) >= 11 is 0. The summed E-state index contributed by atoms with van der Waals surface area (Å²) in [6.45, 7) is 5.73. The van der Waals surface area contributed by atoms with Crippen LogP contribution in [-0.4, -0.2) is 12.8 Å². The maximum Gasteiger partial charge on any atom is -0.0177 e. The molecule has 1 heteroatoms. The van der Waals surface area contributed by atoms with Crippen molar-refractivity contribution in [2.75, 3.05) is 12.8 Å². The Morgan fingerprint density at radius 2 is 2.60 bits per heavy atom. The zero-order valence-electron chi connectivity index (χ0n) is 3.49. The van der Waals surface area contributed by atoms with Gasteiger partial charge in [0, 0.05) is 0 Å². The van der Waals surface area contributed by atoms with E-state index in [1.54, 1.807) is 0 Å². The van der Waals surface area contributed by atoms with Crippen LogP contribution in [0.4, 0.5) is 0 Å². The first-order valence-electron chi connectivity index (χ1n) is 1.67. The second-order valence-corrected chi connectivity index (χ2v) is 1.96. The Kier molecular flexibility index (Phi) is 4.31. The van der Waals surface area contributed by atoms with Crippen LogP contribution in [0.5, 0.6) is 0 Å². The lowest BCUT2D eigenvalue weighted by molar-refractivity contribution is 1.80. The third kappa shape index (κ3) is 4.17. The van der Waals surface area contributed by atoms with Crippen molar-refractivity contribution in [1.82, 2.24) is 0 Å². The maximum absolute atomic E-state index is 3.56. The van der Waals surface area contributed by atoms with Crippen LogP contribution in [0.2, 0.25) is 0 Å². The fraction of sp³-hybridized carbons (Fsp3) is 0.500. The molecule has 0 bridgehead atoms. The maximum atomic E-state index is 3.56. The van der Waals surface area contributed by atoms with Crippen molar-refractivity contribution in [1.29, 1.82) is 0 Å². The van der Waals surface area contributed by atoms with Crippen molar-refractivity contribution in [3.05, 3.63) is 12.7 Å². The molecule has 0 aromatic heterocycles. The van der Waals surface area contributed by atoms with Crippen LogP contribution >= 0.6 is 8.58 Å². The standard InChI is InChI=1S/C4H9P/c1-3-4-5-2/h3,5H,1,4H2,2H3. The summed E-state index contributed by atoms with van der Waals surface area (Å²) in [5.74, 6) is 0. The molecule has 0 amide bonds. The van der Waals surface area contributed by atoms with Gasteiger partial charge in [-0.15, -0.1) is 15.2 Å². The Hall–Kier alpha value is 0.170. The summed E-state index contributed by atoms with van der Waals surface area (Å²) in [6, 6.07) is 0. The molecule has 0 fully saturated rings. The van der Waals surface area contributed by atoms with Crippen LogP contribution in [0, 0.1) is 0 Å². The molecule has 0 heterocycles. The predicted molar refractivity (Wildman–Crippen MR) is 29.3 cm³/mol. The van der Waals surface area contributed by atoms with Crippen LogP contribution in [0.1, 0.15) is 0 Å². The zero-order valence-corrected chi connectivity index (χ0v) is 4.49. The molecule has 0 saturated carbocycles. The molecule has 0 rings (SSSR count). The second kappa shape index (κ2) is 4.17. The monoisotopic (exact) mass is 88.0 g/mol. The number of hydrogen-bond donors (Lipinski definition) is 0. The minimum Gasteiger partial charge on any atom is -0.121 e. The molecule has 5 heavy (non-hydrogen) atoms. The van der Waals surface area contributed by atoms with Gasteiger partial charge in [-0.1, -0.05) is 6.08 Å². The van der Waals surface area contributed by atoms with Crippen molar-refractivity contribution >= 4 is 8.58 Å². The van der Waals surface area contributed by atoms with Gasteiger partial charge in [0.25, 0.3) is 0 Å². The van der Waals surface area contributed by atoms with E-state index in [0.717, 1.165) is 8.58 Å². The van der Waals surface area contributed by atoms with Crippen LogP contribution in [0.15, 0.2) is 12.7 Å². The molecule has 30 valence electrons. The topological polar surface area (TPSA) is 0 Å². The molecule has 0 aliphatic rings. The Morgan fingerprint density at radius 1 is 2.00 bits per heavy atom. The Labute approximate surface area is 35.1 Å². The van der Waals surface area contributed by atoms with E-state index in [-0.39, 0.29) is 0 Å². The number of rotatable bonds is 2. The van der Waals surface area contributed by atoms with Gasteiger partial charge in [0.2, 0.25) is 0 Å². The average molecular weight is 88.1 g/mol. The van der Waals surface area contributed by atoms with E-state index in [9.17, 15) is 0 Å². The largest absolute Gasteiger partial charge is 0.121 e. The summed E-state index contributed by atoms with van der Waals surface area (Å²) in [5, 5.41) is 0. The summed E-state index contributed by atoms with van der Waals surface area (Å²) in [6.07, 6.45) is 3.12. The minimum absolute atomic E-state index is 1.04. The van der Waals surface area contributed by atoms with Gasteiger partial charge in [0.05, 0.1) is 0 Å². The highest BCUT2D eigenvalue weighted by Gasteiger charge is 1.60. The van der Waals surface area contributed by atoms with Gasteiger partial charge in [-0.3, -0.25) is 0 Å². The lowest BCUT2D eigenvalue weighted by Gasteiger charge is -1.74. The molecule has 0 nitrogen and oxygen atoms in total. The molecule has 0 aliphatic carbocycles. The Bertz CT molecular complexity index is 24.8. The summed E-state index contributed by atoms with van der Waals surface area (Å²) < 4.78 is 0. The van der Waals surface area contributed by atoms with Crippen LogP contribution in [0.3, 0.4) is 0 Å². The number of hydrogen-bond acceptors (Lipinski definition) is 0. The van der Waals surface area contributed by atoms with E-state index < -0.39 is 0 Å². The molecule has 1 atom stereocenters. The molecule has 1 unspecified atom stereocenters. The molecular formula is C4H9P. The van der Waals surface area contributed by atoms with Gasteiger partial charge in [-0.2, -0.15) is 0 Å². The normalized spacial score (nSPS) is 9.80. The molecule has 0 aliphatic heterocycles. The quantitative estimate of drug-likeness (QED) is 0.354. The lowest BCUT2D eigenvalue weighted by atomic mass is 10.8. The van der Waals surface area contributed by atoms with E-state index in [1.165, 1.54) is 6.16 Å². The molecule has 0 spiro atoms. The molecule has 0 saturated heterocycles. The van der Waals surface area contributed by atoms with Gasteiger partial charge in [-0.05, 0) is 12.8 Å². The average Bonchev–Trinajstić information content (AvgIpc) is 1.41. The highest BCUT2D eigenvalue weighted by molar-refractivity contribution is 7.37. The van der Waals surface area contributed by atoms with Crippen LogP contribution in [-0.2, 0) is 0 Å². The molecule has 0 aromatic rings. The number of allylic oxidation sites excluding steroid dienone is 1. The third-order valence-electron chi connectivity index (χ3n) is 0.348. The fourth-order valence-corrected chi connectivity index (χ4v) is 0.433. The second-order valence-electron chi connectivity index (χ2n) is 0.846. The molecule has 0 aromatic carbocycles. The smallest absolute Gasteiger partial charge is 0.0177 e. The van der Waals surface area contributed by atoms with Crippen LogP contribution < -0.4 is 0 Å². The molecular weight excluding hydrogens is 79.0 g/mol. The first kappa shape index (κ1) is 5.17. The van der Waals surface area contributed by atoms with Crippen molar-refractivity contribution in [2.45, 2.75) is 0 Å². The highest BCUT2D eigenvalue weighted by atomic mass is 31.1. The van der Waals surface area contributed by atoms with Crippen molar-refractivity contribution in [2.24, 2.45) is 0 Å². The van der Waals surface area contributed by atoms with E-state index in [0.29, 0.717) is 0 Å². The SMILES string of the molecule is C=CCPC. The van der Waals surface area contributed by atoms with Gasteiger partial charge in [-0.25, -0.2) is 0 Å². The van der Waals surface area contributed by atoms with E-state index >= 15 is 0 Å².